The molecule has 0 saturated carbocycles. The Bertz CT molecular complexity index is 795. The van der Waals surface area contributed by atoms with Crippen LogP contribution in [-0.4, -0.2) is 16.5 Å². The summed E-state index contributed by atoms with van der Waals surface area (Å²) < 4.78 is 6.02. The van der Waals surface area contributed by atoms with Gasteiger partial charge in [0.15, 0.2) is 0 Å². The van der Waals surface area contributed by atoms with Crippen LogP contribution in [0, 0.1) is 6.92 Å². The predicted molar refractivity (Wildman–Crippen MR) is 85.7 cm³/mol. The summed E-state index contributed by atoms with van der Waals surface area (Å²) in [5.41, 5.74) is 3.33. The zero-order chi connectivity index (χ0) is 14.9. The lowest BCUT2D eigenvalue weighted by Crippen LogP contribution is -2.30. The minimum absolute atomic E-state index is 0.719. The van der Waals surface area contributed by atoms with Crippen LogP contribution in [0.1, 0.15) is 17.0 Å². The standard InChI is InChI=1S/C18H17N3O/c1-13-5-4-6-14(11-13)18-20-15-8-10-21(12-16(15)22-18)17-7-2-3-9-19-17/h2-7,9,11H,8,10,12H2,1H3. The number of benzene rings is 1. The van der Waals surface area contributed by atoms with E-state index in [2.05, 4.69) is 33.9 Å². The highest BCUT2D eigenvalue weighted by molar-refractivity contribution is 5.55. The number of oxazole rings is 1. The van der Waals surface area contributed by atoms with Gasteiger partial charge in [0.2, 0.25) is 5.89 Å². The number of fused-ring (bicyclic) bond motifs is 1. The van der Waals surface area contributed by atoms with Crippen LogP contribution in [0.25, 0.3) is 11.5 Å². The molecule has 0 saturated heterocycles. The first-order valence-electron chi connectivity index (χ1n) is 7.51. The third kappa shape index (κ3) is 2.37. The molecule has 1 aromatic carbocycles. The first-order valence-corrected chi connectivity index (χ1v) is 7.51. The molecule has 4 rings (SSSR count). The topological polar surface area (TPSA) is 42.2 Å². The summed E-state index contributed by atoms with van der Waals surface area (Å²) in [5.74, 6) is 2.66. The van der Waals surface area contributed by atoms with E-state index in [4.69, 9.17) is 4.42 Å². The van der Waals surface area contributed by atoms with Crippen molar-refractivity contribution in [1.29, 1.82) is 0 Å². The Morgan fingerprint density at radius 3 is 2.91 bits per heavy atom. The molecule has 2 aromatic heterocycles. The van der Waals surface area contributed by atoms with Crippen LogP contribution in [0.2, 0.25) is 0 Å². The molecule has 0 radical (unpaired) electrons. The van der Waals surface area contributed by atoms with Gasteiger partial charge in [-0.1, -0.05) is 23.8 Å². The maximum atomic E-state index is 6.02. The Balaban J connectivity index is 1.64. The van der Waals surface area contributed by atoms with Crippen molar-refractivity contribution < 1.29 is 4.42 Å². The summed E-state index contributed by atoms with van der Waals surface area (Å²) in [7, 11) is 0. The third-order valence-corrected chi connectivity index (χ3v) is 3.97. The number of hydrogen-bond donors (Lipinski definition) is 0. The van der Waals surface area contributed by atoms with Crippen LogP contribution in [-0.2, 0) is 13.0 Å². The molecular formula is C18H17N3O. The number of nitrogens with zero attached hydrogens (tertiary/aromatic N) is 3. The lowest BCUT2D eigenvalue weighted by molar-refractivity contribution is 0.494. The highest BCUT2D eigenvalue weighted by Gasteiger charge is 2.23. The molecule has 1 aliphatic rings. The zero-order valence-corrected chi connectivity index (χ0v) is 12.5. The summed E-state index contributed by atoms with van der Waals surface area (Å²) in [6, 6.07) is 14.2. The zero-order valence-electron chi connectivity index (χ0n) is 12.5. The van der Waals surface area contributed by atoms with Crippen molar-refractivity contribution in [2.75, 3.05) is 11.4 Å². The van der Waals surface area contributed by atoms with Crippen molar-refractivity contribution in [3.63, 3.8) is 0 Å². The average Bonchev–Trinajstić information content (AvgIpc) is 2.99. The fourth-order valence-electron chi connectivity index (χ4n) is 2.83. The summed E-state index contributed by atoms with van der Waals surface area (Å²) in [5, 5.41) is 0. The van der Waals surface area contributed by atoms with Crippen LogP contribution in [0.5, 0.6) is 0 Å². The van der Waals surface area contributed by atoms with Crippen molar-refractivity contribution in [2.24, 2.45) is 0 Å². The molecule has 0 atom stereocenters. The summed E-state index contributed by atoms with van der Waals surface area (Å²) >= 11 is 0. The van der Waals surface area contributed by atoms with Crippen LogP contribution in [0.3, 0.4) is 0 Å². The highest BCUT2D eigenvalue weighted by atomic mass is 16.4. The largest absolute Gasteiger partial charge is 0.439 e. The maximum Gasteiger partial charge on any atom is 0.226 e. The minimum atomic E-state index is 0.719. The molecule has 3 heterocycles. The van der Waals surface area contributed by atoms with Gasteiger partial charge in [-0.3, -0.25) is 0 Å². The van der Waals surface area contributed by atoms with Crippen molar-refractivity contribution >= 4 is 5.82 Å². The Morgan fingerprint density at radius 2 is 2.09 bits per heavy atom. The second kappa shape index (κ2) is 5.30. The lowest BCUT2D eigenvalue weighted by Gasteiger charge is -2.25. The summed E-state index contributed by atoms with van der Waals surface area (Å²) in [6.07, 6.45) is 2.71. The van der Waals surface area contributed by atoms with Gasteiger partial charge >= 0.3 is 0 Å². The molecule has 0 fully saturated rings. The van der Waals surface area contributed by atoms with Crippen molar-refractivity contribution in [3.8, 4) is 11.5 Å². The van der Waals surface area contributed by atoms with E-state index in [1.165, 1.54) is 5.56 Å². The molecular weight excluding hydrogens is 274 g/mol. The maximum absolute atomic E-state index is 6.02. The minimum Gasteiger partial charge on any atom is -0.439 e. The molecule has 4 heteroatoms. The fourth-order valence-corrected chi connectivity index (χ4v) is 2.83. The van der Waals surface area contributed by atoms with Crippen molar-refractivity contribution in [3.05, 3.63) is 65.7 Å². The Labute approximate surface area is 129 Å². The van der Waals surface area contributed by atoms with E-state index < -0.39 is 0 Å². The predicted octanol–water partition coefficient (Wildman–Crippen LogP) is 3.61. The van der Waals surface area contributed by atoms with Gasteiger partial charge in [0.1, 0.15) is 11.6 Å². The molecule has 0 unspecified atom stereocenters. The van der Waals surface area contributed by atoms with E-state index >= 15 is 0 Å². The first kappa shape index (κ1) is 13.1. The first-order chi connectivity index (χ1) is 10.8. The lowest BCUT2D eigenvalue weighted by atomic mass is 10.1. The van der Waals surface area contributed by atoms with Gasteiger partial charge in [-0.15, -0.1) is 0 Å². The Morgan fingerprint density at radius 1 is 1.14 bits per heavy atom. The van der Waals surface area contributed by atoms with E-state index in [1.807, 2.05) is 36.5 Å². The second-order valence-corrected chi connectivity index (χ2v) is 5.62. The number of aryl methyl sites for hydroxylation is 1. The van der Waals surface area contributed by atoms with E-state index in [-0.39, 0.29) is 0 Å². The van der Waals surface area contributed by atoms with E-state index in [0.717, 1.165) is 48.2 Å². The van der Waals surface area contributed by atoms with Crippen molar-refractivity contribution in [2.45, 2.75) is 19.9 Å². The smallest absolute Gasteiger partial charge is 0.226 e. The molecule has 110 valence electrons. The molecule has 3 aromatic rings. The molecule has 0 bridgehead atoms. The van der Waals surface area contributed by atoms with Gasteiger partial charge in [0.25, 0.3) is 0 Å². The fraction of sp³-hybridized carbons (Fsp3) is 0.222. The second-order valence-electron chi connectivity index (χ2n) is 5.62. The Kier molecular flexibility index (Phi) is 3.15. The van der Waals surface area contributed by atoms with E-state index in [0.29, 0.717) is 0 Å². The van der Waals surface area contributed by atoms with Crippen LogP contribution < -0.4 is 4.90 Å². The average molecular weight is 291 g/mol. The monoisotopic (exact) mass is 291 g/mol. The van der Waals surface area contributed by atoms with Gasteiger partial charge in [0.05, 0.1) is 12.2 Å². The number of aromatic nitrogens is 2. The molecule has 1 aliphatic heterocycles. The van der Waals surface area contributed by atoms with Gasteiger partial charge in [0, 0.05) is 24.7 Å². The molecule has 22 heavy (non-hydrogen) atoms. The van der Waals surface area contributed by atoms with E-state index in [1.54, 1.807) is 0 Å². The Hall–Kier alpha value is -2.62. The number of anilines is 1. The van der Waals surface area contributed by atoms with Crippen LogP contribution >= 0.6 is 0 Å². The molecule has 0 amide bonds. The summed E-state index contributed by atoms with van der Waals surface area (Å²) in [6.45, 7) is 3.73. The van der Waals surface area contributed by atoms with Gasteiger partial charge in [-0.2, -0.15) is 0 Å². The number of rotatable bonds is 2. The highest BCUT2D eigenvalue weighted by Crippen LogP contribution is 2.28. The third-order valence-electron chi connectivity index (χ3n) is 3.97. The van der Waals surface area contributed by atoms with E-state index in [9.17, 15) is 0 Å². The molecule has 0 spiro atoms. The molecule has 0 aliphatic carbocycles. The van der Waals surface area contributed by atoms with Gasteiger partial charge in [-0.05, 0) is 31.2 Å². The molecule has 0 N–H and O–H groups in total. The normalized spacial score (nSPS) is 14.0. The van der Waals surface area contributed by atoms with Gasteiger partial charge in [-0.25, -0.2) is 9.97 Å². The summed E-state index contributed by atoms with van der Waals surface area (Å²) in [4.78, 5) is 11.3. The van der Waals surface area contributed by atoms with Crippen LogP contribution in [0.4, 0.5) is 5.82 Å². The van der Waals surface area contributed by atoms with Gasteiger partial charge < -0.3 is 9.32 Å². The number of pyridine rings is 1. The van der Waals surface area contributed by atoms with Crippen molar-refractivity contribution in [1.82, 2.24) is 9.97 Å². The van der Waals surface area contributed by atoms with Crippen LogP contribution in [0.15, 0.2) is 53.1 Å². The SMILES string of the molecule is Cc1cccc(-c2nc3c(o2)CN(c2ccccn2)CC3)c1. The quantitative estimate of drug-likeness (QED) is 0.723. The number of hydrogen-bond acceptors (Lipinski definition) is 4. The molecule has 4 nitrogen and oxygen atoms in total.